The van der Waals surface area contributed by atoms with E-state index in [1.165, 1.54) is 0 Å². The van der Waals surface area contributed by atoms with Crippen molar-refractivity contribution < 1.29 is 229 Å². The average Bonchev–Trinajstić information content (AvgIpc) is 2.34. The molecular formula is C12H20Cl2Na4O17. The molecular weight excluding hydrogens is 579 g/mol. The third-order valence-corrected chi connectivity index (χ3v) is 2.56. The molecule has 0 saturated carbocycles. The minimum absolute atomic E-state index is 0. The van der Waals surface area contributed by atoms with Crippen LogP contribution < -0.4 is 153 Å². The molecule has 0 spiro atoms. The number of carboxylic acid groups (broad SMARTS) is 6. The van der Waals surface area contributed by atoms with Gasteiger partial charge in [0.1, 0.15) is 0 Å². The van der Waals surface area contributed by atoms with Gasteiger partial charge in [0.05, 0.1) is 12.8 Å². The van der Waals surface area contributed by atoms with Crippen molar-refractivity contribution in [1.29, 1.82) is 0 Å². The smallest absolute Gasteiger partial charge is 1.00 e. The number of carbonyl (C=O) groups excluding carboxylic acids is 2. The molecule has 0 aromatic carbocycles. The van der Waals surface area contributed by atoms with Crippen LogP contribution in [0.15, 0.2) is 0 Å². The molecule has 0 rings (SSSR count). The van der Waals surface area contributed by atoms with Crippen LogP contribution in [0.4, 0.5) is 0 Å². The van der Waals surface area contributed by atoms with Gasteiger partial charge in [-0.05, 0) is 0 Å². The number of rotatable bonds is 10. The summed E-state index contributed by atoms with van der Waals surface area (Å²) >= 11 is 0. The first-order chi connectivity index (χ1) is 11.6. The first kappa shape index (κ1) is 70.6. The summed E-state index contributed by atoms with van der Waals surface area (Å²) in [5.41, 5.74) is -5.60. The SMILES string of the molecule is O.O.O.O=C([O-])CC(O)(CC(=O)O)C(=O)O.O=C([O-])CC(O)(CC(=O)O)C(=O)O.[Cl-].[Cl-].[Na+].[Na+].[Na+].[Na+]. The van der Waals surface area contributed by atoms with Crippen LogP contribution in [-0.4, -0.2) is 94.1 Å². The van der Waals surface area contributed by atoms with Crippen molar-refractivity contribution in [2.75, 3.05) is 0 Å². The first-order valence-electron chi connectivity index (χ1n) is 6.30. The summed E-state index contributed by atoms with van der Waals surface area (Å²) < 4.78 is 0. The third-order valence-electron chi connectivity index (χ3n) is 2.56. The minimum atomic E-state index is -2.80. The maximum absolute atomic E-state index is 10.3. The van der Waals surface area contributed by atoms with E-state index >= 15 is 0 Å². The Kier molecular flexibility index (Phi) is 67.1. The van der Waals surface area contributed by atoms with Crippen molar-refractivity contribution >= 4 is 35.8 Å². The molecule has 0 amide bonds. The molecule has 0 aliphatic carbocycles. The summed E-state index contributed by atoms with van der Waals surface area (Å²) in [4.78, 5) is 60.7. The summed E-state index contributed by atoms with van der Waals surface area (Å²) in [6.45, 7) is 0. The number of aliphatic hydroxyl groups is 2. The van der Waals surface area contributed by atoms with Crippen molar-refractivity contribution in [3.05, 3.63) is 0 Å². The van der Waals surface area contributed by atoms with Gasteiger partial charge in [-0.1, -0.05) is 0 Å². The van der Waals surface area contributed by atoms with Crippen molar-refractivity contribution in [2.45, 2.75) is 36.9 Å². The van der Waals surface area contributed by atoms with Gasteiger partial charge in [-0.2, -0.15) is 0 Å². The monoisotopic (exact) mass is 598 g/mol. The van der Waals surface area contributed by atoms with Crippen LogP contribution >= 0.6 is 0 Å². The molecule has 0 aromatic heterocycles. The Morgan fingerprint density at radius 1 is 0.514 bits per heavy atom. The van der Waals surface area contributed by atoms with E-state index in [0.29, 0.717) is 0 Å². The van der Waals surface area contributed by atoms with E-state index in [1.54, 1.807) is 0 Å². The normalized spacial score (nSPS) is 10.8. The second-order valence-electron chi connectivity index (χ2n) is 4.91. The first-order valence-corrected chi connectivity index (χ1v) is 6.30. The Morgan fingerprint density at radius 2 is 0.686 bits per heavy atom. The number of carbonyl (C=O) groups is 6. The number of halogens is 2. The third kappa shape index (κ3) is 35.2. The Bertz CT molecular complexity index is 538. The molecule has 17 nitrogen and oxygen atoms in total. The van der Waals surface area contributed by atoms with Gasteiger partial charge in [0.15, 0.2) is 11.2 Å². The summed E-state index contributed by atoms with van der Waals surface area (Å²) in [6.07, 6.45) is -4.88. The molecule has 0 aliphatic rings. The molecule has 0 bridgehead atoms. The predicted molar refractivity (Wildman–Crippen MR) is 79.8 cm³/mol. The molecule has 2 unspecified atom stereocenters. The molecule has 0 radical (unpaired) electrons. The van der Waals surface area contributed by atoms with E-state index in [4.69, 9.17) is 30.6 Å². The fourth-order valence-electron chi connectivity index (χ4n) is 1.41. The van der Waals surface area contributed by atoms with E-state index in [-0.39, 0.29) is 159 Å². The number of hydrogen-bond acceptors (Lipinski definition) is 10. The second kappa shape index (κ2) is 33.2. The standard InChI is InChI=1S/2C6H8O7.2ClH.4Na.3H2O/c2*7-3(8)1-6(13,5(11)12)2-4(9)10;;;;;;;;;/h2*13H,1-2H2,(H,7,8)(H,9,10)(H,11,12);2*1H;;;;;3*1H2/q;;;;4*+1;;;/p-4. The van der Waals surface area contributed by atoms with Crippen LogP contribution in [0.1, 0.15) is 25.7 Å². The van der Waals surface area contributed by atoms with Crippen molar-refractivity contribution in [1.82, 2.24) is 0 Å². The maximum atomic E-state index is 10.3. The van der Waals surface area contributed by atoms with Crippen LogP contribution in [-0.2, 0) is 28.8 Å². The summed E-state index contributed by atoms with van der Waals surface area (Å²) in [5, 5.41) is 71.0. The van der Waals surface area contributed by atoms with Crippen LogP contribution in [0.5, 0.6) is 0 Å². The van der Waals surface area contributed by atoms with Crippen molar-refractivity contribution in [2.24, 2.45) is 0 Å². The van der Waals surface area contributed by atoms with Crippen LogP contribution in [0.2, 0.25) is 0 Å². The predicted octanol–water partition coefficient (Wildman–Crippen LogP) is -25.6. The van der Waals surface area contributed by atoms with Crippen molar-refractivity contribution in [3.8, 4) is 0 Å². The number of carboxylic acids is 6. The molecule has 12 N–H and O–H groups in total. The van der Waals surface area contributed by atoms with Gasteiger partial charge in [-0.3, -0.25) is 9.59 Å². The van der Waals surface area contributed by atoms with Gasteiger partial charge in [0.2, 0.25) is 0 Å². The fourth-order valence-corrected chi connectivity index (χ4v) is 1.41. The minimum Gasteiger partial charge on any atom is -1.00 e. The fraction of sp³-hybridized carbons (Fsp3) is 0.500. The van der Waals surface area contributed by atoms with Gasteiger partial charge in [-0.25, -0.2) is 9.59 Å². The Hall–Kier alpha value is 1.20. The maximum Gasteiger partial charge on any atom is 1.00 e. The van der Waals surface area contributed by atoms with Gasteiger partial charge in [-0.15, -0.1) is 0 Å². The molecule has 0 saturated heterocycles. The summed E-state index contributed by atoms with van der Waals surface area (Å²) in [7, 11) is 0. The van der Waals surface area contributed by atoms with Gasteiger partial charge in [0, 0.05) is 24.8 Å². The van der Waals surface area contributed by atoms with E-state index in [0.717, 1.165) is 0 Å². The zero-order valence-corrected chi connectivity index (χ0v) is 28.5. The zero-order chi connectivity index (χ0) is 21.3. The summed E-state index contributed by atoms with van der Waals surface area (Å²) in [5.74, 6) is -10.7. The largest absolute Gasteiger partial charge is 1.00 e. The number of aliphatic carboxylic acids is 6. The van der Waals surface area contributed by atoms with Crippen LogP contribution in [0, 0.1) is 0 Å². The Labute approximate surface area is 297 Å². The molecule has 0 fully saturated rings. The molecule has 0 aromatic rings. The topological polar surface area (TPSA) is 364 Å². The quantitative estimate of drug-likeness (QED) is 0.127. The molecule has 0 heterocycles. The van der Waals surface area contributed by atoms with Crippen LogP contribution in [0.3, 0.4) is 0 Å². The van der Waals surface area contributed by atoms with Crippen molar-refractivity contribution in [3.63, 3.8) is 0 Å². The second-order valence-corrected chi connectivity index (χ2v) is 4.91. The van der Waals surface area contributed by atoms with E-state index < -0.39 is 72.7 Å². The van der Waals surface area contributed by atoms with Gasteiger partial charge >= 0.3 is 142 Å². The molecule has 35 heavy (non-hydrogen) atoms. The Morgan fingerprint density at radius 3 is 0.771 bits per heavy atom. The summed E-state index contributed by atoms with van der Waals surface area (Å²) in [6, 6.07) is 0. The van der Waals surface area contributed by atoms with Crippen LogP contribution in [0.25, 0.3) is 0 Å². The molecule has 2 atom stereocenters. The average molecular weight is 599 g/mol. The van der Waals surface area contributed by atoms with E-state index in [1.807, 2.05) is 0 Å². The Balaban J connectivity index is -0.0000000291. The van der Waals surface area contributed by atoms with E-state index in [2.05, 4.69) is 0 Å². The molecule has 188 valence electrons. The van der Waals surface area contributed by atoms with Gasteiger partial charge in [0.25, 0.3) is 0 Å². The number of hydrogen-bond donors (Lipinski definition) is 6. The molecule has 0 aliphatic heterocycles. The van der Waals surface area contributed by atoms with Gasteiger partial charge < -0.3 is 91.7 Å². The van der Waals surface area contributed by atoms with E-state index in [9.17, 15) is 39.0 Å². The zero-order valence-electron chi connectivity index (χ0n) is 19.0. The molecule has 23 heteroatoms.